The van der Waals surface area contributed by atoms with Crippen LogP contribution in [0.1, 0.15) is 0 Å². The predicted octanol–water partition coefficient (Wildman–Crippen LogP) is 0.909. The first-order valence-electron chi connectivity index (χ1n) is 4.64. The summed E-state index contributed by atoms with van der Waals surface area (Å²) in [5, 5.41) is 6.02. The lowest BCUT2D eigenvalue weighted by Crippen LogP contribution is -2.12. The van der Waals surface area contributed by atoms with Crippen molar-refractivity contribution in [1.29, 1.82) is 0 Å². The van der Waals surface area contributed by atoms with Gasteiger partial charge in [0.05, 0.1) is 7.11 Å². The Morgan fingerprint density at radius 1 is 1.31 bits per heavy atom. The van der Waals surface area contributed by atoms with Gasteiger partial charge in [0.15, 0.2) is 11.5 Å². The van der Waals surface area contributed by atoms with Crippen molar-refractivity contribution in [3.05, 3.63) is 34.7 Å². The van der Waals surface area contributed by atoms with Crippen molar-refractivity contribution in [2.24, 2.45) is 7.05 Å². The minimum absolute atomic E-state index is 0.189. The van der Waals surface area contributed by atoms with Gasteiger partial charge >= 0.3 is 11.7 Å². The number of benzene rings is 1. The molecular weight excluding hydrogens is 210 g/mol. The van der Waals surface area contributed by atoms with E-state index in [1.807, 2.05) is 12.1 Å². The van der Waals surface area contributed by atoms with Crippen LogP contribution < -0.4 is 15.2 Å². The fourth-order valence-electron chi connectivity index (χ4n) is 1.23. The number of hydrogen-bond donors (Lipinski definition) is 1. The van der Waals surface area contributed by atoms with Gasteiger partial charge in [0.25, 0.3) is 0 Å². The van der Waals surface area contributed by atoms with E-state index in [4.69, 9.17) is 9.47 Å². The molecule has 0 aliphatic heterocycles. The van der Waals surface area contributed by atoms with Crippen molar-refractivity contribution in [3.63, 3.8) is 0 Å². The minimum atomic E-state index is -0.329. The molecule has 0 saturated heterocycles. The normalized spacial score (nSPS) is 10.1. The zero-order valence-electron chi connectivity index (χ0n) is 8.93. The number of aromatic amines is 1. The molecular formula is C10H11N3O3. The molecule has 1 N–H and O–H groups in total. The van der Waals surface area contributed by atoms with E-state index in [9.17, 15) is 4.79 Å². The maximum Gasteiger partial charge on any atom is 0.345 e. The molecule has 16 heavy (non-hydrogen) atoms. The van der Waals surface area contributed by atoms with E-state index in [-0.39, 0.29) is 11.7 Å². The molecule has 6 heteroatoms. The quantitative estimate of drug-likeness (QED) is 0.836. The first kappa shape index (κ1) is 10.3. The van der Waals surface area contributed by atoms with E-state index in [1.54, 1.807) is 26.3 Å². The van der Waals surface area contributed by atoms with Crippen LogP contribution in [-0.2, 0) is 7.05 Å². The van der Waals surface area contributed by atoms with Gasteiger partial charge in [0, 0.05) is 7.05 Å². The summed E-state index contributed by atoms with van der Waals surface area (Å²) in [5.41, 5.74) is -0.329. The third-order valence-corrected chi connectivity index (χ3v) is 2.11. The number of H-pyrrole nitrogens is 1. The van der Waals surface area contributed by atoms with E-state index in [0.29, 0.717) is 11.5 Å². The highest BCUT2D eigenvalue weighted by atomic mass is 16.5. The summed E-state index contributed by atoms with van der Waals surface area (Å²) in [4.78, 5) is 11.1. The number of methoxy groups -OCH3 is 1. The Hall–Kier alpha value is -2.24. The Morgan fingerprint density at radius 3 is 2.56 bits per heavy atom. The van der Waals surface area contributed by atoms with E-state index in [0.717, 1.165) is 0 Å². The summed E-state index contributed by atoms with van der Waals surface area (Å²) in [6.45, 7) is 0. The highest BCUT2D eigenvalue weighted by molar-refractivity contribution is 5.40. The second-order valence-corrected chi connectivity index (χ2v) is 3.12. The van der Waals surface area contributed by atoms with Gasteiger partial charge in [-0.25, -0.2) is 14.5 Å². The van der Waals surface area contributed by atoms with Gasteiger partial charge in [-0.2, -0.15) is 0 Å². The SMILES string of the molecule is COc1ccccc1Oc1n[nH]c(=O)n1C. The smallest absolute Gasteiger partial charge is 0.345 e. The molecule has 0 aliphatic carbocycles. The van der Waals surface area contributed by atoms with Crippen LogP contribution >= 0.6 is 0 Å². The lowest BCUT2D eigenvalue weighted by Gasteiger charge is -2.07. The van der Waals surface area contributed by atoms with Crippen molar-refractivity contribution in [2.75, 3.05) is 7.11 Å². The molecule has 0 amide bonds. The number of hydrogen-bond acceptors (Lipinski definition) is 4. The largest absolute Gasteiger partial charge is 0.493 e. The van der Waals surface area contributed by atoms with Crippen LogP contribution in [0.3, 0.4) is 0 Å². The van der Waals surface area contributed by atoms with Gasteiger partial charge in [-0.15, -0.1) is 5.10 Å². The summed E-state index contributed by atoms with van der Waals surface area (Å²) >= 11 is 0. The average molecular weight is 221 g/mol. The first-order valence-corrected chi connectivity index (χ1v) is 4.64. The second kappa shape index (κ2) is 4.09. The summed E-state index contributed by atoms with van der Waals surface area (Å²) in [5.74, 6) is 1.09. The van der Waals surface area contributed by atoms with Crippen molar-refractivity contribution >= 4 is 0 Å². The molecule has 0 atom stereocenters. The Bertz CT molecular complexity index is 544. The molecule has 84 valence electrons. The Morgan fingerprint density at radius 2 is 2.00 bits per heavy atom. The third-order valence-electron chi connectivity index (χ3n) is 2.11. The Kier molecular flexibility index (Phi) is 2.63. The third kappa shape index (κ3) is 1.77. The standard InChI is InChI=1S/C10H11N3O3/c1-13-9(14)11-12-10(13)16-8-6-4-3-5-7(8)15-2/h3-6H,1-2H3,(H,11,14). The fourth-order valence-corrected chi connectivity index (χ4v) is 1.23. The number of rotatable bonds is 3. The lowest BCUT2D eigenvalue weighted by atomic mass is 10.3. The van der Waals surface area contributed by atoms with Crippen LogP contribution in [0.5, 0.6) is 17.5 Å². The zero-order valence-corrected chi connectivity index (χ0v) is 8.93. The highest BCUT2D eigenvalue weighted by Gasteiger charge is 2.09. The Labute approximate surface area is 91.4 Å². The van der Waals surface area contributed by atoms with Crippen LogP contribution in [0.4, 0.5) is 0 Å². The molecule has 2 rings (SSSR count). The number of para-hydroxylation sites is 2. The lowest BCUT2D eigenvalue weighted by molar-refractivity contribution is 0.361. The molecule has 0 radical (unpaired) electrons. The molecule has 0 saturated carbocycles. The second-order valence-electron chi connectivity index (χ2n) is 3.12. The molecule has 6 nitrogen and oxygen atoms in total. The molecule has 1 aromatic heterocycles. The summed E-state index contributed by atoms with van der Waals surface area (Å²) in [7, 11) is 3.11. The molecule has 0 bridgehead atoms. The molecule has 2 aromatic rings. The number of aromatic nitrogens is 3. The molecule has 1 heterocycles. The van der Waals surface area contributed by atoms with Crippen molar-refractivity contribution in [2.45, 2.75) is 0 Å². The summed E-state index contributed by atoms with van der Waals surface area (Å²) < 4.78 is 11.8. The van der Waals surface area contributed by atoms with Gasteiger partial charge in [0.2, 0.25) is 0 Å². The van der Waals surface area contributed by atoms with Crippen LogP contribution in [0.25, 0.3) is 0 Å². The monoisotopic (exact) mass is 221 g/mol. The zero-order chi connectivity index (χ0) is 11.5. The average Bonchev–Trinajstić information content (AvgIpc) is 2.62. The van der Waals surface area contributed by atoms with Gasteiger partial charge in [-0.05, 0) is 12.1 Å². The highest BCUT2D eigenvalue weighted by Crippen LogP contribution is 2.28. The van der Waals surface area contributed by atoms with E-state index < -0.39 is 0 Å². The molecule has 0 fully saturated rings. The molecule has 0 aliphatic rings. The Balaban J connectivity index is 2.34. The maximum atomic E-state index is 11.1. The maximum absolute atomic E-state index is 11.1. The van der Waals surface area contributed by atoms with E-state index in [2.05, 4.69) is 10.2 Å². The van der Waals surface area contributed by atoms with Crippen molar-refractivity contribution < 1.29 is 9.47 Å². The van der Waals surface area contributed by atoms with E-state index >= 15 is 0 Å². The summed E-state index contributed by atoms with van der Waals surface area (Å²) in [6, 6.07) is 7.32. The van der Waals surface area contributed by atoms with Gasteiger partial charge in [0.1, 0.15) is 0 Å². The number of nitrogens with zero attached hydrogens (tertiary/aromatic N) is 2. The predicted molar refractivity (Wildman–Crippen MR) is 56.9 cm³/mol. The molecule has 1 aromatic carbocycles. The fraction of sp³-hybridized carbons (Fsp3) is 0.200. The first-order chi connectivity index (χ1) is 7.72. The topological polar surface area (TPSA) is 69.1 Å². The number of nitrogens with one attached hydrogen (secondary N) is 1. The van der Waals surface area contributed by atoms with Gasteiger partial charge in [-0.1, -0.05) is 12.1 Å². The van der Waals surface area contributed by atoms with Crippen molar-refractivity contribution in [3.8, 4) is 17.5 Å². The summed E-state index contributed by atoms with van der Waals surface area (Å²) in [6.07, 6.45) is 0. The van der Waals surface area contributed by atoms with Gasteiger partial charge < -0.3 is 9.47 Å². The van der Waals surface area contributed by atoms with Crippen LogP contribution in [0.15, 0.2) is 29.1 Å². The van der Waals surface area contributed by atoms with Gasteiger partial charge in [-0.3, -0.25) is 0 Å². The number of ether oxygens (including phenoxy) is 2. The van der Waals surface area contributed by atoms with E-state index in [1.165, 1.54) is 4.57 Å². The molecule has 0 unspecified atom stereocenters. The minimum Gasteiger partial charge on any atom is -0.493 e. The molecule has 0 spiro atoms. The van der Waals surface area contributed by atoms with Crippen molar-refractivity contribution in [1.82, 2.24) is 14.8 Å². The van der Waals surface area contributed by atoms with Crippen LogP contribution in [-0.4, -0.2) is 21.9 Å². The van der Waals surface area contributed by atoms with Crippen LogP contribution in [0.2, 0.25) is 0 Å². The van der Waals surface area contributed by atoms with Crippen LogP contribution in [0, 0.1) is 0 Å².